The standard InChI is InChI=1S/C25H22ClN3O2/c1-18-3-2-4-20(13-18)15-29-16-23(14-27-29)28-25(30)21-7-5-19(6-8-21)17-31-24-11-9-22(26)10-12-24/h2-14,16H,15,17H2,1H3,(H,28,30). The average molecular weight is 432 g/mol. The van der Waals surface area contributed by atoms with Gasteiger partial charge >= 0.3 is 0 Å². The molecule has 0 atom stereocenters. The lowest BCUT2D eigenvalue weighted by Gasteiger charge is -2.07. The molecule has 0 unspecified atom stereocenters. The lowest BCUT2D eigenvalue weighted by atomic mass is 10.1. The molecular formula is C25H22ClN3O2. The maximum absolute atomic E-state index is 12.6. The summed E-state index contributed by atoms with van der Waals surface area (Å²) in [6.45, 7) is 3.13. The Bertz CT molecular complexity index is 1170. The first-order valence-electron chi connectivity index (χ1n) is 9.92. The van der Waals surface area contributed by atoms with E-state index in [0.717, 1.165) is 16.9 Å². The fraction of sp³-hybridized carbons (Fsp3) is 0.120. The highest BCUT2D eigenvalue weighted by Gasteiger charge is 2.08. The molecule has 1 heterocycles. The van der Waals surface area contributed by atoms with E-state index >= 15 is 0 Å². The fourth-order valence-electron chi connectivity index (χ4n) is 3.17. The Kier molecular flexibility index (Phi) is 6.34. The van der Waals surface area contributed by atoms with E-state index in [0.29, 0.717) is 29.4 Å². The summed E-state index contributed by atoms with van der Waals surface area (Å²) in [5, 5.41) is 7.90. The average Bonchev–Trinajstić information content (AvgIpc) is 3.20. The Balaban J connectivity index is 1.32. The Morgan fingerprint density at radius 2 is 1.81 bits per heavy atom. The molecule has 31 heavy (non-hydrogen) atoms. The molecule has 0 saturated heterocycles. The number of hydrogen-bond acceptors (Lipinski definition) is 3. The van der Waals surface area contributed by atoms with E-state index in [2.05, 4.69) is 35.5 Å². The van der Waals surface area contributed by atoms with Crippen LogP contribution in [0.4, 0.5) is 5.69 Å². The number of benzene rings is 3. The largest absolute Gasteiger partial charge is 0.489 e. The van der Waals surface area contributed by atoms with Crippen molar-refractivity contribution in [2.75, 3.05) is 5.32 Å². The highest BCUT2D eigenvalue weighted by atomic mass is 35.5. The molecule has 1 N–H and O–H groups in total. The van der Waals surface area contributed by atoms with Gasteiger partial charge in [-0.05, 0) is 54.4 Å². The second kappa shape index (κ2) is 9.49. The first-order valence-corrected chi connectivity index (χ1v) is 10.3. The van der Waals surface area contributed by atoms with Crippen molar-refractivity contribution < 1.29 is 9.53 Å². The Hall–Kier alpha value is -3.57. The molecule has 4 rings (SSSR count). The van der Waals surface area contributed by atoms with Gasteiger partial charge in [-0.25, -0.2) is 0 Å². The minimum absolute atomic E-state index is 0.180. The number of carbonyl (C=O) groups is 1. The molecule has 0 bridgehead atoms. The molecule has 1 amide bonds. The van der Waals surface area contributed by atoms with Crippen molar-refractivity contribution >= 4 is 23.2 Å². The van der Waals surface area contributed by atoms with Crippen LogP contribution in [-0.2, 0) is 13.2 Å². The quantitative estimate of drug-likeness (QED) is 0.407. The van der Waals surface area contributed by atoms with Crippen LogP contribution in [0.3, 0.4) is 0 Å². The molecule has 0 saturated carbocycles. The number of anilines is 1. The third-order valence-electron chi connectivity index (χ3n) is 4.75. The van der Waals surface area contributed by atoms with Gasteiger partial charge in [-0.1, -0.05) is 53.6 Å². The van der Waals surface area contributed by atoms with Gasteiger partial charge in [0.25, 0.3) is 5.91 Å². The van der Waals surface area contributed by atoms with Crippen LogP contribution in [0.1, 0.15) is 27.0 Å². The van der Waals surface area contributed by atoms with E-state index in [1.165, 1.54) is 5.56 Å². The van der Waals surface area contributed by atoms with Crippen LogP contribution < -0.4 is 10.1 Å². The van der Waals surface area contributed by atoms with Crippen molar-refractivity contribution in [3.8, 4) is 5.75 Å². The van der Waals surface area contributed by atoms with Crippen LogP contribution in [-0.4, -0.2) is 15.7 Å². The highest BCUT2D eigenvalue weighted by Crippen LogP contribution is 2.17. The molecule has 6 heteroatoms. The normalized spacial score (nSPS) is 10.6. The summed E-state index contributed by atoms with van der Waals surface area (Å²) in [7, 11) is 0. The minimum atomic E-state index is -0.180. The van der Waals surface area contributed by atoms with Gasteiger partial charge in [-0.15, -0.1) is 0 Å². The zero-order valence-corrected chi connectivity index (χ0v) is 17.8. The van der Waals surface area contributed by atoms with Gasteiger partial charge in [0, 0.05) is 16.8 Å². The van der Waals surface area contributed by atoms with Crippen molar-refractivity contribution in [1.82, 2.24) is 9.78 Å². The smallest absolute Gasteiger partial charge is 0.255 e. The van der Waals surface area contributed by atoms with Gasteiger partial charge in [-0.2, -0.15) is 5.10 Å². The highest BCUT2D eigenvalue weighted by molar-refractivity contribution is 6.30. The van der Waals surface area contributed by atoms with E-state index in [1.54, 1.807) is 30.5 Å². The molecule has 3 aromatic carbocycles. The molecule has 1 aromatic heterocycles. The molecule has 156 valence electrons. The Labute approximate surface area is 186 Å². The maximum atomic E-state index is 12.6. The number of hydrogen-bond donors (Lipinski definition) is 1. The predicted octanol–water partition coefficient (Wildman–Crippen LogP) is 5.72. The number of halogens is 1. The molecule has 0 aliphatic carbocycles. The number of nitrogens with zero attached hydrogens (tertiary/aromatic N) is 2. The maximum Gasteiger partial charge on any atom is 0.255 e. The van der Waals surface area contributed by atoms with Crippen molar-refractivity contribution in [2.45, 2.75) is 20.1 Å². The number of rotatable bonds is 7. The lowest BCUT2D eigenvalue weighted by molar-refractivity contribution is 0.102. The van der Waals surface area contributed by atoms with Gasteiger partial charge in [0.2, 0.25) is 0 Å². The Morgan fingerprint density at radius 1 is 1.03 bits per heavy atom. The molecular weight excluding hydrogens is 410 g/mol. The summed E-state index contributed by atoms with van der Waals surface area (Å²) in [6, 6.07) is 22.8. The molecule has 5 nitrogen and oxygen atoms in total. The first kappa shape index (κ1) is 20.7. The summed E-state index contributed by atoms with van der Waals surface area (Å²) >= 11 is 5.88. The van der Waals surface area contributed by atoms with Gasteiger partial charge in [0.1, 0.15) is 12.4 Å². The van der Waals surface area contributed by atoms with Crippen LogP contribution in [0.25, 0.3) is 0 Å². The summed E-state index contributed by atoms with van der Waals surface area (Å²) in [4.78, 5) is 12.6. The van der Waals surface area contributed by atoms with Crippen LogP contribution in [0.5, 0.6) is 5.75 Å². The third-order valence-corrected chi connectivity index (χ3v) is 5.01. The molecule has 4 aromatic rings. The van der Waals surface area contributed by atoms with Crippen LogP contribution >= 0.6 is 11.6 Å². The van der Waals surface area contributed by atoms with Crippen molar-refractivity contribution in [3.05, 3.63) is 112 Å². The SMILES string of the molecule is Cc1cccc(Cn2cc(NC(=O)c3ccc(COc4ccc(Cl)cc4)cc3)cn2)c1. The number of carbonyl (C=O) groups excluding carboxylic acids is 1. The number of nitrogens with one attached hydrogen (secondary N) is 1. The van der Waals surface area contributed by atoms with Crippen molar-refractivity contribution in [1.29, 1.82) is 0 Å². The molecule has 0 aliphatic rings. The van der Waals surface area contributed by atoms with E-state index in [4.69, 9.17) is 16.3 Å². The van der Waals surface area contributed by atoms with E-state index in [-0.39, 0.29) is 5.91 Å². The summed E-state index contributed by atoms with van der Waals surface area (Å²) in [6.07, 6.45) is 3.48. The monoisotopic (exact) mass is 431 g/mol. The van der Waals surface area contributed by atoms with Gasteiger partial charge < -0.3 is 10.1 Å². The number of aryl methyl sites for hydroxylation is 1. The third kappa shape index (κ3) is 5.74. The minimum Gasteiger partial charge on any atom is -0.489 e. The second-order valence-corrected chi connectivity index (χ2v) is 7.75. The molecule has 0 fully saturated rings. The van der Waals surface area contributed by atoms with Crippen LogP contribution in [0.15, 0.2) is 85.2 Å². The summed E-state index contributed by atoms with van der Waals surface area (Å²) in [5.74, 6) is 0.564. The van der Waals surface area contributed by atoms with E-state index in [9.17, 15) is 4.79 Å². The number of aromatic nitrogens is 2. The van der Waals surface area contributed by atoms with Crippen molar-refractivity contribution in [3.63, 3.8) is 0 Å². The zero-order valence-electron chi connectivity index (χ0n) is 17.1. The first-order chi connectivity index (χ1) is 15.0. The summed E-state index contributed by atoms with van der Waals surface area (Å²) in [5.41, 5.74) is 4.57. The number of amides is 1. The number of ether oxygens (including phenoxy) is 1. The summed E-state index contributed by atoms with van der Waals surface area (Å²) < 4.78 is 7.54. The Morgan fingerprint density at radius 3 is 2.55 bits per heavy atom. The van der Waals surface area contributed by atoms with Crippen molar-refractivity contribution in [2.24, 2.45) is 0 Å². The van der Waals surface area contributed by atoms with Crippen LogP contribution in [0.2, 0.25) is 5.02 Å². The second-order valence-electron chi connectivity index (χ2n) is 7.31. The molecule has 0 spiro atoms. The van der Waals surface area contributed by atoms with Gasteiger partial charge in [-0.3, -0.25) is 9.48 Å². The molecule has 0 radical (unpaired) electrons. The van der Waals surface area contributed by atoms with Gasteiger partial charge in [0.05, 0.1) is 18.4 Å². The van der Waals surface area contributed by atoms with E-state index in [1.807, 2.05) is 41.2 Å². The zero-order chi connectivity index (χ0) is 21.6. The van der Waals surface area contributed by atoms with Gasteiger partial charge in [0.15, 0.2) is 0 Å². The molecule has 0 aliphatic heterocycles. The van der Waals surface area contributed by atoms with E-state index < -0.39 is 0 Å². The fourth-order valence-corrected chi connectivity index (χ4v) is 3.29. The predicted molar refractivity (Wildman–Crippen MR) is 123 cm³/mol. The topological polar surface area (TPSA) is 56.2 Å². The lowest BCUT2D eigenvalue weighted by Crippen LogP contribution is -2.11. The van der Waals surface area contributed by atoms with Crippen LogP contribution in [0, 0.1) is 6.92 Å².